The minimum absolute atomic E-state index is 0.0209. The number of hydrogen-bond acceptors (Lipinski definition) is 2. The third kappa shape index (κ3) is 3.08. The molecule has 2 bridgehead atoms. The Morgan fingerprint density at radius 2 is 2.00 bits per heavy atom. The quantitative estimate of drug-likeness (QED) is 0.873. The van der Waals surface area contributed by atoms with Crippen LogP contribution in [0.2, 0.25) is 0 Å². The van der Waals surface area contributed by atoms with E-state index in [-0.39, 0.29) is 12.5 Å². The second kappa shape index (κ2) is 6.49. The van der Waals surface area contributed by atoms with E-state index in [4.69, 9.17) is 0 Å². The van der Waals surface area contributed by atoms with Gasteiger partial charge in [-0.1, -0.05) is 12.1 Å². The van der Waals surface area contributed by atoms with Crippen molar-refractivity contribution in [2.75, 3.05) is 13.2 Å². The fraction of sp³-hybridized carbons (Fsp3) is 0.571. The van der Waals surface area contributed by atoms with Gasteiger partial charge in [0.1, 0.15) is 0 Å². The van der Waals surface area contributed by atoms with Gasteiger partial charge in [0.25, 0.3) is 5.91 Å². The van der Waals surface area contributed by atoms with Gasteiger partial charge in [0.15, 0.2) is 0 Å². The summed E-state index contributed by atoms with van der Waals surface area (Å²) >= 11 is 0. The molecule has 5 rings (SSSR count). The van der Waals surface area contributed by atoms with Crippen molar-refractivity contribution in [1.82, 2.24) is 9.88 Å². The first-order valence-electron chi connectivity index (χ1n) is 9.59. The van der Waals surface area contributed by atoms with Gasteiger partial charge in [-0.3, -0.25) is 4.79 Å². The van der Waals surface area contributed by atoms with Crippen LogP contribution >= 0.6 is 0 Å². The lowest BCUT2D eigenvalue weighted by Gasteiger charge is -2.46. The molecule has 1 aromatic carbocycles. The average Bonchev–Trinajstić information content (AvgIpc) is 3.00. The third-order valence-electron chi connectivity index (χ3n) is 6.50. The molecule has 0 spiro atoms. The van der Waals surface area contributed by atoms with Gasteiger partial charge in [0, 0.05) is 30.2 Å². The average molecular weight is 340 g/mol. The van der Waals surface area contributed by atoms with Crippen molar-refractivity contribution in [3.63, 3.8) is 0 Å². The van der Waals surface area contributed by atoms with E-state index in [1.807, 2.05) is 29.8 Å². The van der Waals surface area contributed by atoms with Gasteiger partial charge in [-0.25, -0.2) is 0 Å². The number of aryl methyl sites for hydroxylation is 1. The summed E-state index contributed by atoms with van der Waals surface area (Å²) < 4.78 is 1.99. The van der Waals surface area contributed by atoms with Crippen molar-refractivity contribution in [1.29, 1.82) is 0 Å². The molecule has 0 atom stereocenters. The van der Waals surface area contributed by atoms with E-state index in [0.717, 1.165) is 34.5 Å². The predicted molar refractivity (Wildman–Crippen MR) is 99.7 cm³/mol. The summed E-state index contributed by atoms with van der Waals surface area (Å²) in [6, 6.07) is 6.16. The van der Waals surface area contributed by atoms with Crippen LogP contribution in [-0.4, -0.2) is 28.7 Å². The second-order valence-electron chi connectivity index (χ2n) is 8.15. The molecule has 3 saturated carbocycles. The van der Waals surface area contributed by atoms with E-state index in [0.29, 0.717) is 12.0 Å². The lowest BCUT2D eigenvalue weighted by Crippen LogP contribution is -2.43. The van der Waals surface area contributed by atoms with Crippen LogP contribution < -0.4 is 5.32 Å². The van der Waals surface area contributed by atoms with Gasteiger partial charge in [0.05, 0.1) is 12.2 Å². The summed E-state index contributed by atoms with van der Waals surface area (Å²) in [6.45, 7) is 3.44. The van der Waals surface area contributed by atoms with Crippen molar-refractivity contribution in [3.05, 3.63) is 35.5 Å². The van der Waals surface area contributed by atoms with Crippen molar-refractivity contribution in [3.8, 4) is 0 Å². The smallest absolute Gasteiger partial charge is 0.253 e. The summed E-state index contributed by atoms with van der Waals surface area (Å²) in [5.74, 6) is 0.963. The molecule has 4 nitrogen and oxygen atoms in total. The minimum atomic E-state index is 0.0209. The Balaban J connectivity index is 1.55. The monoisotopic (exact) mass is 340 g/mol. The first-order chi connectivity index (χ1) is 12.1. The maximum Gasteiger partial charge on any atom is 0.253 e. The van der Waals surface area contributed by atoms with Crippen LogP contribution in [0.3, 0.4) is 0 Å². The van der Waals surface area contributed by atoms with Crippen molar-refractivity contribution in [2.24, 2.45) is 11.3 Å². The molecule has 2 N–H and O–H groups in total. The second-order valence-corrected chi connectivity index (χ2v) is 8.15. The zero-order valence-corrected chi connectivity index (χ0v) is 15.1. The number of carbonyl (C=O) groups excluding carboxylic acids is 1. The Bertz CT molecular complexity index is 771. The van der Waals surface area contributed by atoms with Crippen LogP contribution in [0.4, 0.5) is 0 Å². The molecular weight excluding hydrogens is 312 g/mol. The Morgan fingerprint density at radius 3 is 2.68 bits per heavy atom. The fourth-order valence-corrected chi connectivity index (χ4v) is 4.84. The van der Waals surface area contributed by atoms with Crippen LogP contribution in [0, 0.1) is 18.3 Å². The first-order valence-corrected chi connectivity index (χ1v) is 9.59. The standard InChI is InChI=1S/C21H28N2O2/c1-15-2-3-17-18(13-23(10-11-24)19(17)12-15)20(25)22-14-21-7-4-16(5-8-21)6-9-21/h2-3,12-13,16,24H,4-11,14H2,1H3,(H,22,25). The molecule has 134 valence electrons. The van der Waals surface area contributed by atoms with E-state index in [1.165, 1.54) is 38.5 Å². The highest BCUT2D eigenvalue weighted by Crippen LogP contribution is 2.49. The van der Waals surface area contributed by atoms with Gasteiger partial charge in [-0.2, -0.15) is 0 Å². The van der Waals surface area contributed by atoms with E-state index < -0.39 is 0 Å². The lowest BCUT2D eigenvalue weighted by molar-refractivity contribution is 0.0598. The number of nitrogens with one attached hydrogen (secondary N) is 1. The fourth-order valence-electron chi connectivity index (χ4n) is 4.84. The molecular formula is C21H28N2O2. The molecule has 3 fully saturated rings. The normalized spacial score (nSPS) is 25.4. The first kappa shape index (κ1) is 16.6. The zero-order valence-electron chi connectivity index (χ0n) is 15.1. The predicted octanol–water partition coefficient (Wildman–Crippen LogP) is 3.64. The number of carbonyl (C=O) groups is 1. The van der Waals surface area contributed by atoms with E-state index >= 15 is 0 Å². The summed E-state index contributed by atoms with van der Waals surface area (Å²) in [6.07, 6.45) is 9.71. The number of aliphatic hydroxyl groups is 1. The molecule has 4 heteroatoms. The Labute approximate surface area is 149 Å². The molecule has 1 aromatic heterocycles. The topological polar surface area (TPSA) is 54.3 Å². The number of benzene rings is 1. The highest BCUT2D eigenvalue weighted by molar-refractivity contribution is 6.07. The highest BCUT2D eigenvalue weighted by Gasteiger charge is 2.40. The summed E-state index contributed by atoms with van der Waals surface area (Å²) in [5.41, 5.74) is 3.25. The number of fused-ring (bicyclic) bond motifs is 4. The number of rotatable bonds is 5. The summed E-state index contributed by atoms with van der Waals surface area (Å²) in [4.78, 5) is 12.9. The Morgan fingerprint density at radius 1 is 1.28 bits per heavy atom. The van der Waals surface area contributed by atoms with Crippen molar-refractivity contribution < 1.29 is 9.90 Å². The van der Waals surface area contributed by atoms with Crippen LogP contribution in [0.15, 0.2) is 24.4 Å². The number of amides is 1. The molecule has 25 heavy (non-hydrogen) atoms. The van der Waals surface area contributed by atoms with Crippen molar-refractivity contribution >= 4 is 16.8 Å². The van der Waals surface area contributed by atoms with Crippen LogP contribution in [0.1, 0.15) is 54.4 Å². The maximum atomic E-state index is 12.9. The molecule has 2 aromatic rings. The van der Waals surface area contributed by atoms with Crippen LogP contribution in [-0.2, 0) is 6.54 Å². The third-order valence-corrected chi connectivity index (χ3v) is 6.50. The van der Waals surface area contributed by atoms with Gasteiger partial charge >= 0.3 is 0 Å². The Hall–Kier alpha value is -1.81. The van der Waals surface area contributed by atoms with E-state index in [1.54, 1.807) is 0 Å². The maximum absolute atomic E-state index is 12.9. The largest absolute Gasteiger partial charge is 0.395 e. The molecule has 3 aliphatic carbocycles. The Kier molecular flexibility index (Phi) is 4.32. The zero-order chi connectivity index (χ0) is 17.4. The van der Waals surface area contributed by atoms with Crippen molar-refractivity contribution in [2.45, 2.75) is 52.0 Å². The molecule has 0 radical (unpaired) electrons. The van der Waals surface area contributed by atoms with Gasteiger partial charge in [0.2, 0.25) is 0 Å². The van der Waals surface area contributed by atoms with Crippen LogP contribution in [0.25, 0.3) is 10.9 Å². The summed E-state index contributed by atoms with van der Waals surface area (Å²) in [5, 5.41) is 13.5. The molecule has 0 saturated heterocycles. The van der Waals surface area contributed by atoms with Gasteiger partial charge in [-0.05, 0) is 68.4 Å². The van der Waals surface area contributed by atoms with E-state index in [2.05, 4.69) is 11.4 Å². The van der Waals surface area contributed by atoms with E-state index in [9.17, 15) is 9.90 Å². The molecule has 1 heterocycles. The number of nitrogens with zero attached hydrogens (tertiary/aromatic N) is 1. The minimum Gasteiger partial charge on any atom is -0.395 e. The number of hydrogen-bond donors (Lipinski definition) is 2. The van der Waals surface area contributed by atoms with Gasteiger partial charge < -0.3 is 15.0 Å². The highest BCUT2D eigenvalue weighted by atomic mass is 16.3. The number of aliphatic hydroxyl groups excluding tert-OH is 1. The SMILES string of the molecule is Cc1ccc2c(C(=O)NCC34CCC(CC3)CC4)cn(CCO)c2c1. The molecule has 3 aliphatic rings. The molecule has 0 unspecified atom stereocenters. The molecule has 0 aliphatic heterocycles. The van der Waals surface area contributed by atoms with Crippen LogP contribution in [0.5, 0.6) is 0 Å². The summed E-state index contributed by atoms with van der Waals surface area (Å²) in [7, 11) is 0. The lowest BCUT2D eigenvalue weighted by atomic mass is 9.61. The molecule has 1 amide bonds. The number of aromatic nitrogens is 1. The van der Waals surface area contributed by atoms with Gasteiger partial charge in [-0.15, -0.1) is 0 Å².